The number of aliphatic hydroxyl groups excluding tert-OH is 2. The van der Waals surface area contributed by atoms with Crippen molar-refractivity contribution in [2.75, 3.05) is 0 Å². The molecule has 3 fully saturated rings. The maximum atomic E-state index is 10.3. The number of aliphatic hydroxyl groups is 2. The van der Waals surface area contributed by atoms with Gasteiger partial charge in [-0.1, -0.05) is 6.92 Å². The summed E-state index contributed by atoms with van der Waals surface area (Å²) in [6.07, 6.45) is 1.28. The molecule has 0 aromatic carbocycles. The Labute approximate surface area is 137 Å². The molecule has 0 aromatic rings. The van der Waals surface area contributed by atoms with E-state index >= 15 is 0 Å². The highest BCUT2D eigenvalue weighted by molar-refractivity contribution is 4.96. The van der Waals surface area contributed by atoms with Gasteiger partial charge in [0, 0.05) is 12.1 Å². The van der Waals surface area contributed by atoms with Gasteiger partial charge in [0.05, 0.1) is 18.2 Å². The third-order valence-corrected chi connectivity index (χ3v) is 5.67. The van der Waals surface area contributed by atoms with E-state index in [9.17, 15) is 10.2 Å². The second kappa shape index (κ2) is 6.92. The van der Waals surface area contributed by atoms with Crippen LogP contribution in [0.2, 0.25) is 0 Å². The van der Waals surface area contributed by atoms with Gasteiger partial charge in [-0.15, -0.1) is 0 Å². The summed E-state index contributed by atoms with van der Waals surface area (Å²) in [5.41, 5.74) is 18.5. The molecule has 3 rings (SSSR count). The topological polar surface area (TPSA) is 137 Å². The largest absolute Gasteiger partial charge is 0.390 e. The maximum Gasteiger partial charge on any atom is 0.173 e. The Bertz CT molecular complexity index is 409. The number of rotatable bonds is 4. The molecule has 0 radical (unpaired) electrons. The fourth-order valence-corrected chi connectivity index (χ4v) is 3.86. The summed E-state index contributed by atoms with van der Waals surface area (Å²) in [4.78, 5) is 0. The first kappa shape index (κ1) is 17.5. The molecule has 1 heterocycles. The molecule has 0 spiro atoms. The molecular formula is C16H31N3O4. The minimum atomic E-state index is -1.03. The lowest BCUT2D eigenvalue weighted by atomic mass is 9.81. The number of nitrogens with two attached hydrogens (primary N) is 3. The lowest BCUT2D eigenvalue weighted by Crippen LogP contribution is -2.61. The molecule has 2 saturated carbocycles. The van der Waals surface area contributed by atoms with Gasteiger partial charge in [-0.2, -0.15) is 0 Å². The van der Waals surface area contributed by atoms with Gasteiger partial charge in [-0.05, 0) is 43.9 Å². The highest BCUT2D eigenvalue weighted by atomic mass is 16.7. The molecule has 9 atom stereocenters. The van der Waals surface area contributed by atoms with Gasteiger partial charge >= 0.3 is 0 Å². The van der Waals surface area contributed by atoms with Crippen molar-refractivity contribution < 1.29 is 19.7 Å². The normalized spacial score (nSPS) is 49.8. The summed E-state index contributed by atoms with van der Waals surface area (Å²) in [6, 6.07) is -0.602. The highest BCUT2D eigenvalue weighted by Crippen LogP contribution is 2.37. The summed E-state index contributed by atoms with van der Waals surface area (Å²) in [6.45, 7) is 1.87. The summed E-state index contributed by atoms with van der Waals surface area (Å²) >= 11 is 0. The van der Waals surface area contributed by atoms with Crippen molar-refractivity contribution in [2.45, 2.75) is 87.9 Å². The van der Waals surface area contributed by atoms with E-state index in [1.54, 1.807) is 0 Å². The lowest BCUT2D eigenvalue weighted by Gasteiger charge is -2.44. The Morgan fingerprint density at radius 2 is 1.74 bits per heavy atom. The van der Waals surface area contributed by atoms with E-state index in [0.29, 0.717) is 12.3 Å². The van der Waals surface area contributed by atoms with Crippen molar-refractivity contribution in [1.82, 2.24) is 0 Å². The van der Waals surface area contributed by atoms with Gasteiger partial charge in [0.1, 0.15) is 12.2 Å². The van der Waals surface area contributed by atoms with Gasteiger partial charge in [-0.25, -0.2) is 0 Å². The minimum absolute atomic E-state index is 0.0177. The van der Waals surface area contributed by atoms with Gasteiger partial charge in [0.25, 0.3) is 0 Å². The van der Waals surface area contributed by atoms with Gasteiger partial charge in [0.15, 0.2) is 6.29 Å². The third kappa shape index (κ3) is 3.71. The van der Waals surface area contributed by atoms with E-state index in [1.165, 1.54) is 0 Å². The van der Waals surface area contributed by atoms with Crippen LogP contribution < -0.4 is 17.2 Å². The molecule has 3 aliphatic rings. The zero-order valence-electron chi connectivity index (χ0n) is 13.8. The summed E-state index contributed by atoms with van der Waals surface area (Å²) in [5.74, 6) is 0.483. The van der Waals surface area contributed by atoms with Crippen LogP contribution in [-0.4, -0.2) is 59.0 Å². The van der Waals surface area contributed by atoms with E-state index < -0.39 is 24.6 Å². The Hall–Kier alpha value is -0.280. The van der Waals surface area contributed by atoms with Gasteiger partial charge in [-0.3, -0.25) is 0 Å². The van der Waals surface area contributed by atoms with Crippen molar-refractivity contribution in [1.29, 1.82) is 0 Å². The fraction of sp³-hybridized carbons (Fsp3) is 1.00. The number of hydrogen-bond acceptors (Lipinski definition) is 7. The van der Waals surface area contributed by atoms with Crippen LogP contribution >= 0.6 is 0 Å². The zero-order chi connectivity index (χ0) is 16.7. The van der Waals surface area contributed by atoms with Crippen molar-refractivity contribution in [2.24, 2.45) is 29.0 Å². The lowest BCUT2D eigenvalue weighted by molar-refractivity contribution is -0.258. The average Bonchev–Trinajstić information content (AvgIpc) is 3.35. The number of ether oxygens (including phenoxy) is 2. The van der Waals surface area contributed by atoms with Crippen molar-refractivity contribution in [3.8, 4) is 0 Å². The quantitative estimate of drug-likeness (QED) is 0.447. The van der Waals surface area contributed by atoms with Crippen LogP contribution in [0.25, 0.3) is 0 Å². The van der Waals surface area contributed by atoms with Gasteiger partial charge < -0.3 is 36.9 Å². The van der Waals surface area contributed by atoms with Crippen molar-refractivity contribution in [3.63, 3.8) is 0 Å². The molecular weight excluding hydrogens is 298 g/mol. The SMILES string of the molecule is CC1CC(N)C(OC2OC(C(N)C3CC3)CCC2N)C(O)C1O. The minimum Gasteiger partial charge on any atom is -0.390 e. The maximum absolute atomic E-state index is 10.3. The molecule has 23 heavy (non-hydrogen) atoms. The molecule has 134 valence electrons. The molecule has 1 aliphatic heterocycles. The Kier molecular flexibility index (Phi) is 5.27. The van der Waals surface area contributed by atoms with E-state index in [-0.39, 0.29) is 30.1 Å². The van der Waals surface area contributed by atoms with Crippen LogP contribution in [0.15, 0.2) is 0 Å². The molecule has 0 bridgehead atoms. The third-order valence-electron chi connectivity index (χ3n) is 5.67. The molecule has 0 aromatic heterocycles. The second-order valence-electron chi connectivity index (χ2n) is 7.66. The Morgan fingerprint density at radius 3 is 2.39 bits per heavy atom. The van der Waals surface area contributed by atoms with Crippen molar-refractivity contribution in [3.05, 3.63) is 0 Å². The van der Waals surface area contributed by atoms with E-state index in [0.717, 1.165) is 25.7 Å². The molecule has 8 N–H and O–H groups in total. The summed E-state index contributed by atoms with van der Waals surface area (Å²) in [5, 5.41) is 20.4. The summed E-state index contributed by atoms with van der Waals surface area (Å²) < 4.78 is 11.9. The highest BCUT2D eigenvalue weighted by Gasteiger charge is 2.45. The average molecular weight is 329 g/mol. The first-order valence-electron chi connectivity index (χ1n) is 8.82. The Balaban J connectivity index is 1.62. The molecule has 7 heteroatoms. The summed E-state index contributed by atoms with van der Waals surface area (Å²) in [7, 11) is 0. The molecule has 9 unspecified atom stereocenters. The number of hydrogen-bond donors (Lipinski definition) is 5. The predicted molar refractivity (Wildman–Crippen MR) is 85.2 cm³/mol. The standard InChI is InChI=1S/C16H31N3O4/c1-7-6-10(18)15(14(21)13(7)20)23-16-9(17)4-5-11(22-16)12(19)8-2-3-8/h7-16,20-21H,2-6,17-19H2,1H3. The molecule has 1 saturated heterocycles. The second-order valence-corrected chi connectivity index (χ2v) is 7.66. The van der Waals surface area contributed by atoms with Crippen LogP contribution in [0.4, 0.5) is 0 Å². The van der Waals surface area contributed by atoms with Crippen LogP contribution in [-0.2, 0) is 9.47 Å². The zero-order valence-corrected chi connectivity index (χ0v) is 13.8. The van der Waals surface area contributed by atoms with Crippen LogP contribution in [0.1, 0.15) is 39.0 Å². The van der Waals surface area contributed by atoms with Crippen LogP contribution in [0, 0.1) is 11.8 Å². The van der Waals surface area contributed by atoms with Crippen molar-refractivity contribution >= 4 is 0 Å². The molecule has 2 aliphatic carbocycles. The fourth-order valence-electron chi connectivity index (χ4n) is 3.86. The molecule has 7 nitrogen and oxygen atoms in total. The first-order chi connectivity index (χ1) is 10.9. The smallest absolute Gasteiger partial charge is 0.173 e. The van der Waals surface area contributed by atoms with E-state index in [1.807, 2.05) is 6.92 Å². The molecule has 0 amide bonds. The predicted octanol–water partition coefficient (Wildman–Crippen LogP) is -0.970. The van der Waals surface area contributed by atoms with Crippen LogP contribution in [0.5, 0.6) is 0 Å². The Morgan fingerprint density at radius 1 is 1.04 bits per heavy atom. The monoisotopic (exact) mass is 329 g/mol. The van der Waals surface area contributed by atoms with E-state index in [4.69, 9.17) is 26.7 Å². The first-order valence-corrected chi connectivity index (χ1v) is 8.82. The van der Waals surface area contributed by atoms with E-state index in [2.05, 4.69) is 0 Å². The van der Waals surface area contributed by atoms with Crippen LogP contribution in [0.3, 0.4) is 0 Å². The van der Waals surface area contributed by atoms with Gasteiger partial charge in [0.2, 0.25) is 0 Å².